The summed E-state index contributed by atoms with van der Waals surface area (Å²) in [5.41, 5.74) is 0.807. The molecule has 162 valence electrons. The number of H-pyrrole nitrogens is 1. The van der Waals surface area contributed by atoms with Crippen molar-refractivity contribution in [2.75, 3.05) is 19.6 Å². The number of amides is 1. The minimum Gasteiger partial charge on any atom is -0.338 e. The first-order valence-corrected chi connectivity index (χ1v) is 10.7. The molecule has 3 aromatic rings. The second-order valence-corrected chi connectivity index (χ2v) is 8.69. The molecule has 2 aromatic carbocycles. The third-order valence-corrected chi connectivity index (χ3v) is 6.35. The van der Waals surface area contributed by atoms with E-state index in [-0.39, 0.29) is 28.5 Å². The zero-order valence-electron chi connectivity index (χ0n) is 17.4. The fourth-order valence-electron chi connectivity index (χ4n) is 4.17. The number of aromatic amines is 1. The number of benzene rings is 2. The predicted octanol–water partition coefficient (Wildman–Crippen LogP) is 2.37. The van der Waals surface area contributed by atoms with Gasteiger partial charge < -0.3 is 4.90 Å². The van der Waals surface area contributed by atoms with Gasteiger partial charge in [0.05, 0.1) is 22.7 Å². The summed E-state index contributed by atoms with van der Waals surface area (Å²) >= 11 is 0. The van der Waals surface area contributed by atoms with Gasteiger partial charge in [0, 0.05) is 37.4 Å². The van der Waals surface area contributed by atoms with Crippen LogP contribution >= 0.6 is 0 Å². The quantitative estimate of drug-likeness (QED) is 0.624. The van der Waals surface area contributed by atoms with Crippen LogP contribution in [0.25, 0.3) is 10.8 Å². The number of hydrogen-bond acceptors (Lipinski definition) is 5. The number of rotatable bonds is 6. The first-order chi connectivity index (χ1) is 15.5. The van der Waals surface area contributed by atoms with Crippen molar-refractivity contribution >= 4 is 16.7 Å². The van der Waals surface area contributed by atoms with Gasteiger partial charge >= 0.3 is 0 Å². The summed E-state index contributed by atoms with van der Waals surface area (Å²) in [5.74, 6) is -0.616. The van der Waals surface area contributed by atoms with E-state index in [1.54, 1.807) is 29.2 Å². The second-order valence-electron chi connectivity index (χ2n) is 8.69. The van der Waals surface area contributed by atoms with Crippen molar-refractivity contribution in [3.63, 3.8) is 0 Å². The standard InChI is InChI=1S/C24H22FN5O2/c25-20-6-5-15(10-21-17-3-1-2-4-18(17)22(31)29-28-21)9-19(20)23(32)30-12-16(13-30)11-27-24(14-26)7-8-24/h1-6,9,16,27H,7-8,10-13H2,(H,29,31). The molecule has 1 aliphatic heterocycles. The molecule has 32 heavy (non-hydrogen) atoms. The molecule has 0 radical (unpaired) electrons. The van der Waals surface area contributed by atoms with Crippen LogP contribution in [0.3, 0.4) is 0 Å². The summed E-state index contributed by atoms with van der Waals surface area (Å²) < 4.78 is 14.5. The van der Waals surface area contributed by atoms with Crippen LogP contribution in [-0.4, -0.2) is 46.2 Å². The van der Waals surface area contributed by atoms with E-state index in [0.29, 0.717) is 37.1 Å². The molecule has 2 aliphatic rings. The maximum atomic E-state index is 14.5. The number of fused-ring (bicyclic) bond motifs is 1. The number of aromatic nitrogens is 2. The SMILES string of the molecule is N#CC1(NCC2CN(C(=O)c3cc(Cc4n[nH]c(=O)c5ccccc45)ccc3F)C2)CC1. The Bertz CT molecular complexity index is 1300. The summed E-state index contributed by atoms with van der Waals surface area (Å²) in [4.78, 5) is 26.5. The van der Waals surface area contributed by atoms with Crippen molar-refractivity contribution in [2.24, 2.45) is 5.92 Å². The molecule has 1 saturated heterocycles. The highest BCUT2D eigenvalue weighted by molar-refractivity contribution is 5.95. The summed E-state index contributed by atoms with van der Waals surface area (Å²) in [7, 11) is 0. The van der Waals surface area contributed by atoms with Gasteiger partial charge in [-0.15, -0.1) is 0 Å². The lowest BCUT2D eigenvalue weighted by molar-refractivity contribution is 0.0492. The number of nitrogens with one attached hydrogen (secondary N) is 2. The van der Waals surface area contributed by atoms with E-state index in [9.17, 15) is 14.0 Å². The summed E-state index contributed by atoms with van der Waals surface area (Å²) in [6.07, 6.45) is 2.10. The molecule has 0 atom stereocenters. The van der Waals surface area contributed by atoms with Crippen LogP contribution in [0.2, 0.25) is 0 Å². The van der Waals surface area contributed by atoms with Crippen LogP contribution in [0.1, 0.15) is 34.5 Å². The lowest BCUT2D eigenvalue weighted by Gasteiger charge is -2.40. The van der Waals surface area contributed by atoms with Gasteiger partial charge in [-0.2, -0.15) is 10.4 Å². The van der Waals surface area contributed by atoms with Crippen LogP contribution < -0.4 is 10.9 Å². The van der Waals surface area contributed by atoms with Crippen molar-refractivity contribution in [1.82, 2.24) is 20.4 Å². The van der Waals surface area contributed by atoms with Crippen LogP contribution in [0.4, 0.5) is 4.39 Å². The maximum absolute atomic E-state index is 14.5. The molecule has 2 fully saturated rings. The molecule has 2 N–H and O–H groups in total. The highest BCUT2D eigenvalue weighted by Gasteiger charge is 2.44. The third kappa shape index (κ3) is 3.76. The van der Waals surface area contributed by atoms with Gasteiger partial charge in [0.2, 0.25) is 0 Å². The fraction of sp³-hybridized carbons (Fsp3) is 0.333. The summed E-state index contributed by atoms with van der Waals surface area (Å²) in [6.45, 7) is 1.77. The Kier molecular flexibility index (Phi) is 4.98. The largest absolute Gasteiger partial charge is 0.338 e. The lowest BCUT2D eigenvalue weighted by atomic mass is 9.97. The van der Waals surface area contributed by atoms with Gasteiger partial charge in [0.15, 0.2) is 0 Å². The van der Waals surface area contributed by atoms with E-state index in [2.05, 4.69) is 21.6 Å². The average Bonchev–Trinajstić information content (AvgIpc) is 3.56. The summed E-state index contributed by atoms with van der Waals surface area (Å²) in [6, 6.07) is 14.0. The Labute approximate surface area is 183 Å². The molecule has 5 rings (SSSR count). The minimum atomic E-state index is -0.555. The van der Waals surface area contributed by atoms with E-state index in [4.69, 9.17) is 5.26 Å². The van der Waals surface area contributed by atoms with Gasteiger partial charge in [0.25, 0.3) is 11.5 Å². The lowest BCUT2D eigenvalue weighted by Crippen LogP contribution is -2.54. The molecule has 1 aliphatic carbocycles. The molecule has 7 nitrogen and oxygen atoms in total. The van der Waals surface area contributed by atoms with E-state index < -0.39 is 5.82 Å². The monoisotopic (exact) mass is 431 g/mol. The van der Waals surface area contributed by atoms with Gasteiger partial charge in [-0.25, -0.2) is 9.49 Å². The molecule has 2 heterocycles. The zero-order chi connectivity index (χ0) is 22.3. The molecule has 0 bridgehead atoms. The first kappa shape index (κ1) is 20.3. The van der Waals surface area contributed by atoms with Gasteiger partial charge in [-0.05, 0) is 36.6 Å². The highest BCUT2D eigenvalue weighted by atomic mass is 19.1. The predicted molar refractivity (Wildman–Crippen MR) is 117 cm³/mol. The normalized spacial score (nSPS) is 17.1. The Balaban J connectivity index is 1.29. The van der Waals surface area contributed by atoms with Crippen LogP contribution in [0.5, 0.6) is 0 Å². The first-order valence-electron chi connectivity index (χ1n) is 10.7. The number of hydrogen-bond donors (Lipinski definition) is 2. The van der Waals surface area contributed by atoms with Crippen molar-refractivity contribution in [1.29, 1.82) is 5.26 Å². The van der Waals surface area contributed by atoms with E-state index in [1.807, 2.05) is 12.1 Å². The number of halogens is 1. The Morgan fingerprint density at radius 1 is 1.25 bits per heavy atom. The fourth-order valence-corrected chi connectivity index (χ4v) is 4.17. The highest BCUT2D eigenvalue weighted by Crippen LogP contribution is 2.34. The molecule has 1 saturated carbocycles. The molecule has 1 amide bonds. The van der Waals surface area contributed by atoms with Crippen molar-refractivity contribution in [2.45, 2.75) is 24.8 Å². The van der Waals surface area contributed by atoms with Gasteiger partial charge in [-0.1, -0.05) is 24.3 Å². The molecular weight excluding hydrogens is 409 g/mol. The zero-order valence-corrected chi connectivity index (χ0v) is 17.4. The Morgan fingerprint density at radius 2 is 2.00 bits per heavy atom. The molecule has 1 aromatic heterocycles. The molecular formula is C24H22FN5O2. The average molecular weight is 431 g/mol. The van der Waals surface area contributed by atoms with Crippen molar-refractivity contribution in [3.05, 3.63) is 75.5 Å². The number of carbonyl (C=O) groups excluding carboxylic acids is 1. The van der Waals surface area contributed by atoms with Crippen molar-refractivity contribution < 1.29 is 9.18 Å². The number of nitriles is 1. The number of likely N-dealkylation sites (tertiary alicyclic amines) is 1. The van der Waals surface area contributed by atoms with Crippen LogP contribution in [0.15, 0.2) is 47.3 Å². The van der Waals surface area contributed by atoms with E-state index in [1.165, 1.54) is 6.07 Å². The molecule has 0 unspecified atom stereocenters. The smallest absolute Gasteiger partial charge is 0.272 e. The summed E-state index contributed by atoms with van der Waals surface area (Å²) in [5, 5.41) is 20.4. The minimum absolute atomic E-state index is 0.0401. The van der Waals surface area contributed by atoms with E-state index >= 15 is 0 Å². The van der Waals surface area contributed by atoms with Crippen LogP contribution in [-0.2, 0) is 6.42 Å². The number of nitrogens with zero attached hydrogens (tertiary/aromatic N) is 3. The van der Waals surface area contributed by atoms with Crippen LogP contribution in [0, 0.1) is 23.1 Å². The Morgan fingerprint density at radius 3 is 2.72 bits per heavy atom. The molecule has 8 heteroatoms. The molecule has 0 spiro atoms. The topological polar surface area (TPSA) is 102 Å². The third-order valence-electron chi connectivity index (χ3n) is 6.35. The Hall–Kier alpha value is -3.57. The number of carbonyl (C=O) groups is 1. The van der Waals surface area contributed by atoms with Gasteiger partial charge in [0.1, 0.15) is 11.4 Å². The van der Waals surface area contributed by atoms with Gasteiger partial charge in [-0.3, -0.25) is 14.9 Å². The van der Waals surface area contributed by atoms with E-state index in [0.717, 1.165) is 23.8 Å². The second kappa shape index (κ2) is 7.84. The maximum Gasteiger partial charge on any atom is 0.272 e. The van der Waals surface area contributed by atoms with Crippen molar-refractivity contribution in [3.8, 4) is 6.07 Å².